The highest BCUT2D eigenvalue weighted by atomic mass is 15.0. The van der Waals surface area contributed by atoms with Crippen molar-refractivity contribution >= 4 is 0 Å². The van der Waals surface area contributed by atoms with Crippen molar-refractivity contribution in [2.45, 2.75) is 32.1 Å². The van der Waals surface area contributed by atoms with Gasteiger partial charge in [0.25, 0.3) is 0 Å². The summed E-state index contributed by atoms with van der Waals surface area (Å²) in [7, 11) is 0. The molecular formula is C12H22N2. The van der Waals surface area contributed by atoms with Crippen LogP contribution in [0.5, 0.6) is 0 Å². The largest absolute Gasteiger partial charge is 0.316 e. The normalized spacial score (nSPS) is 30.0. The van der Waals surface area contributed by atoms with Crippen molar-refractivity contribution in [1.82, 2.24) is 10.6 Å². The van der Waals surface area contributed by atoms with Crippen molar-refractivity contribution in [3.05, 3.63) is 0 Å². The Bertz CT molecular complexity index is 202. The SMILES string of the molecule is C(CC1CNC1)NCC1(C2CC2)CC1. The molecule has 3 rings (SSSR count). The Morgan fingerprint density at radius 1 is 1.21 bits per heavy atom. The van der Waals surface area contributed by atoms with Crippen LogP contribution in [0.2, 0.25) is 0 Å². The third-order valence-corrected chi connectivity index (χ3v) is 4.41. The molecule has 0 spiro atoms. The molecule has 0 bridgehead atoms. The third-order valence-electron chi connectivity index (χ3n) is 4.41. The van der Waals surface area contributed by atoms with E-state index in [1.807, 2.05) is 0 Å². The second-order valence-electron chi connectivity index (χ2n) is 5.63. The van der Waals surface area contributed by atoms with Crippen LogP contribution in [-0.4, -0.2) is 26.2 Å². The van der Waals surface area contributed by atoms with Crippen LogP contribution in [0.15, 0.2) is 0 Å². The zero-order chi connectivity index (χ0) is 9.43. The van der Waals surface area contributed by atoms with Crippen molar-refractivity contribution in [3.8, 4) is 0 Å². The van der Waals surface area contributed by atoms with E-state index in [2.05, 4.69) is 10.6 Å². The fraction of sp³-hybridized carbons (Fsp3) is 1.00. The van der Waals surface area contributed by atoms with Gasteiger partial charge in [-0.1, -0.05) is 0 Å². The topological polar surface area (TPSA) is 24.1 Å². The average molecular weight is 194 g/mol. The van der Waals surface area contributed by atoms with E-state index in [0.29, 0.717) is 0 Å². The maximum atomic E-state index is 3.68. The van der Waals surface area contributed by atoms with Gasteiger partial charge < -0.3 is 10.6 Å². The van der Waals surface area contributed by atoms with Gasteiger partial charge in [0.15, 0.2) is 0 Å². The summed E-state index contributed by atoms with van der Waals surface area (Å²) in [6, 6.07) is 0. The van der Waals surface area contributed by atoms with Gasteiger partial charge in [0, 0.05) is 6.54 Å². The molecule has 0 aromatic heterocycles. The lowest BCUT2D eigenvalue weighted by molar-refractivity contribution is 0.313. The highest BCUT2D eigenvalue weighted by molar-refractivity contribution is 5.04. The van der Waals surface area contributed by atoms with E-state index >= 15 is 0 Å². The number of hydrogen-bond acceptors (Lipinski definition) is 2. The fourth-order valence-electron chi connectivity index (χ4n) is 2.78. The van der Waals surface area contributed by atoms with Gasteiger partial charge in [-0.3, -0.25) is 0 Å². The number of hydrogen-bond donors (Lipinski definition) is 2. The minimum absolute atomic E-state index is 0.790. The predicted molar refractivity (Wildman–Crippen MR) is 58.2 cm³/mol. The minimum atomic E-state index is 0.790. The van der Waals surface area contributed by atoms with Crippen molar-refractivity contribution in [1.29, 1.82) is 0 Å². The standard InChI is InChI=1S/C12H22N2/c1-2-11(1)12(4-5-12)9-13-6-3-10-7-14-8-10/h10-11,13-14H,1-9H2. The van der Waals surface area contributed by atoms with E-state index in [1.165, 1.54) is 58.3 Å². The number of nitrogens with one attached hydrogen (secondary N) is 2. The maximum Gasteiger partial charge on any atom is 0.00105 e. The summed E-state index contributed by atoms with van der Waals surface area (Å²) in [5.41, 5.74) is 0.790. The molecule has 0 aromatic rings. The average Bonchev–Trinajstić information content (AvgIpc) is 2.96. The van der Waals surface area contributed by atoms with Gasteiger partial charge >= 0.3 is 0 Å². The molecule has 0 atom stereocenters. The van der Waals surface area contributed by atoms with E-state index < -0.39 is 0 Å². The molecule has 2 aliphatic carbocycles. The molecule has 1 heterocycles. The molecule has 3 aliphatic rings. The smallest absolute Gasteiger partial charge is 0.00105 e. The summed E-state index contributed by atoms with van der Waals surface area (Å²) in [6.07, 6.45) is 7.45. The summed E-state index contributed by atoms with van der Waals surface area (Å²) in [5.74, 6) is 2.08. The first kappa shape index (κ1) is 9.17. The molecular weight excluding hydrogens is 172 g/mol. The molecule has 14 heavy (non-hydrogen) atoms. The molecule has 3 fully saturated rings. The molecule has 2 N–H and O–H groups in total. The van der Waals surface area contributed by atoms with E-state index in [9.17, 15) is 0 Å². The van der Waals surface area contributed by atoms with Crippen LogP contribution in [-0.2, 0) is 0 Å². The molecule has 1 aliphatic heterocycles. The molecule has 0 radical (unpaired) electrons. The minimum Gasteiger partial charge on any atom is -0.316 e. The molecule has 2 nitrogen and oxygen atoms in total. The van der Waals surface area contributed by atoms with Gasteiger partial charge in [0.1, 0.15) is 0 Å². The van der Waals surface area contributed by atoms with Crippen LogP contribution < -0.4 is 10.6 Å². The molecule has 2 saturated carbocycles. The van der Waals surface area contributed by atoms with E-state index in [1.54, 1.807) is 0 Å². The van der Waals surface area contributed by atoms with Crippen LogP contribution in [0, 0.1) is 17.3 Å². The quantitative estimate of drug-likeness (QED) is 0.624. The molecule has 0 aromatic carbocycles. The first-order chi connectivity index (χ1) is 6.89. The van der Waals surface area contributed by atoms with Gasteiger partial charge in [0.2, 0.25) is 0 Å². The molecule has 80 valence electrons. The highest BCUT2D eigenvalue weighted by Crippen LogP contribution is 2.60. The van der Waals surface area contributed by atoms with Crippen molar-refractivity contribution in [2.75, 3.05) is 26.2 Å². The summed E-state index contributed by atoms with van der Waals surface area (Å²) < 4.78 is 0. The lowest BCUT2D eigenvalue weighted by Gasteiger charge is -2.27. The second kappa shape index (κ2) is 3.49. The monoisotopic (exact) mass is 194 g/mol. The maximum absolute atomic E-state index is 3.68. The second-order valence-corrected chi connectivity index (χ2v) is 5.63. The van der Waals surface area contributed by atoms with Crippen LogP contribution in [0.4, 0.5) is 0 Å². The summed E-state index contributed by atoms with van der Waals surface area (Å²) in [6.45, 7) is 5.09. The predicted octanol–water partition coefficient (Wildman–Crippen LogP) is 1.38. The van der Waals surface area contributed by atoms with Crippen LogP contribution in [0.25, 0.3) is 0 Å². The van der Waals surface area contributed by atoms with Crippen LogP contribution in [0.3, 0.4) is 0 Å². The Labute approximate surface area is 86.8 Å². The highest BCUT2D eigenvalue weighted by Gasteiger charge is 2.53. The Kier molecular flexibility index (Phi) is 2.29. The lowest BCUT2D eigenvalue weighted by Crippen LogP contribution is -2.43. The van der Waals surface area contributed by atoms with E-state index in [-0.39, 0.29) is 0 Å². The zero-order valence-corrected chi connectivity index (χ0v) is 9.02. The van der Waals surface area contributed by atoms with E-state index in [4.69, 9.17) is 0 Å². The van der Waals surface area contributed by atoms with Crippen LogP contribution in [0.1, 0.15) is 32.1 Å². The zero-order valence-electron chi connectivity index (χ0n) is 9.02. The lowest BCUT2D eigenvalue weighted by atomic mass is 9.98. The van der Waals surface area contributed by atoms with Gasteiger partial charge in [-0.25, -0.2) is 0 Å². The first-order valence-corrected chi connectivity index (χ1v) is 6.30. The first-order valence-electron chi connectivity index (χ1n) is 6.30. The van der Waals surface area contributed by atoms with Gasteiger partial charge in [0.05, 0.1) is 0 Å². The number of rotatable bonds is 6. The Hall–Kier alpha value is -0.0800. The van der Waals surface area contributed by atoms with Crippen molar-refractivity contribution in [2.24, 2.45) is 17.3 Å². The molecule has 0 amide bonds. The summed E-state index contributed by atoms with van der Waals surface area (Å²) in [4.78, 5) is 0. The van der Waals surface area contributed by atoms with Crippen LogP contribution >= 0.6 is 0 Å². The Balaban J connectivity index is 1.30. The van der Waals surface area contributed by atoms with Gasteiger partial charge in [-0.15, -0.1) is 0 Å². The Morgan fingerprint density at radius 2 is 2.00 bits per heavy atom. The van der Waals surface area contributed by atoms with Crippen molar-refractivity contribution in [3.63, 3.8) is 0 Å². The summed E-state index contributed by atoms with van der Waals surface area (Å²) >= 11 is 0. The van der Waals surface area contributed by atoms with E-state index in [0.717, 1.165) is 17.3 Å². The van der Waals surface area contributed by atoms with Crippen molar-refractivity contribution < 1.29 is 0 Å². The fourth-order valence-corrected chi connectivity index (χ4v) is 2.78. The van der Waals surface area contributed by atoms with Gasteiger partial charge in [-0.05, 0) is 69.0 Å². The van der Waals surface area contributed by atoms with Gasteiger partial charge in [-0.2, -0.15) is 0 Å². The third kappa shape index (κ3) is 1.82. The Morgan fingerprint density at radius 3 is 2.50 bits per heavy atom. The summed E-state index contributed by atoms with van der Waals surface area (Å²) in [5, 5.41) is 7.01. The molecule has 1 saturated heterocycles. The molecule has 2 heteroatoms. The molecule has 0 unspecified atom stereocenters.